The molecule has 2 aromatic carbocycles. The molecule has 1 aliphatic carbocycles. The third-order valence-corrected chi connectivity index (χ3v) is 6.83. The smallest absolute Gasteiger partial charge is 0.195 e. The summed E-state index contributed by atoms with van der Waals surface area (Å²) in [5, 5.41) is 4.13. The Labute approximate surface area is 144 Å². The van der Waals surface area contributed by atoms with Crippen molar-refractivity contribution in [3.05, 3.63) is 84.2 Å². The van der Waals surface area contributed by atoms with Crippen LogP contribution < -0.4 is 10.6 Å². The van der Waals surface area contributed by atoms with Crippen LogP contribution in [0.15, 0.2) is 89.2 Å². The second-order valence-electron chi connectivity index (χ2n) is 6.09. The highest BCUT2D eigenvalue weighted by Crippen LogP contribution is 2.49. The van der Waals surface area contributed by atoms with Gasteiger partial charge in [-0.25, -0.2) is 4.99 Å². The molecule has 2 aromatic rings. The maximum atomic E-state index is 5.87. The van der Waals surface area contributed by atoms with Gasteiger partial charge in [-0.3, -0.25) is 0 Å². The first-order chi connectivity index (χ1) is 11.8. The standard InChI is InChI=1S/C21H20NOP/c1-16-15-23-21(22-16)19-13-8-14-20(19)24(17-9-4-2-5-10-17)18-11-6-3-7-12-18/h2-14,16,19H,15H2,1H3/t16-,19?/m0/s1. The fourth-order valence-electron chi connectivity index (χ4n) is 3.16. The quantitative estimate of drug-likeness (QED) is 0.775. The molecule has 0 bridgehead atoms. The van der Waals surface area contributed by atoms with Crippen LogP contribution in [-0.2, 0) is 4.74 Å². The first kappa shape index (κ1) is 15.4. The van der Waals surface area contributed by atoms with Crippen molar-refractivity contribution in [3.63, 3.8) is 0 Å². The molecule has 120 valence electrons. The number of hydrogen-bond donors (Lipinski definition) is 0. The van der Waals surface area contributed by atoms with Crippen molar-refractivity contribution in [3.8, 4) is 0 Å². The van der Waals surface area contributed by atoms with E-state index in [0.717, 1.165) is 5.90 Å². The van der Waals surface area contributed by atoms with E-state index in [1.807, 2.05) is 0 Å². The van der Waals surface area contributed by atoms with Gasteiger partial charge in [0.05, 0.1) is 12.0 Å². The Morgan fingerprint density at radius 1 is 0.958 bits per heavy atom. The molecule has 2 aliphatic rings. The fourth-order valence-corrected chi connectivity index (χ4v) is 5.70. The highest BCUT2D eigenvalue weighted by Gasteiger charge is 2.32. The molecule has 2 nitrogen and oxygen atoms in total. The van der Waals surface area contributed by atoms with Crippen LogP contribution in [0.3, 0.4) is 0 Å². The zero-order valence-electron chi connectivity index (χ0n) is 13.7. The van der Waals surface area contributed by atoms with Gasteiger partial charge in [0.15, 0.2) is 5.90 Å². The minimum atomic E-state index is -0.584. The first-order valence-electron chi connectivity index (χ1n) is 8.32. The second-order valence-corrected chi connectivity index (χ2v) is 8.31. The Bertz CT molecular complexity index is 756. The zero-order chi connectivity index (χ0) is 16.4. The molecule has 3 heteroatoms. The summed E-state index contributed by atoms with van der Waals surface area (Å²) in [6, 6.07) is 21.8. The van der Waals surface area contributed by atoms with Crippen LogP contribution in [0.25, 0.3) is 0 Å². The van der Waals surface area contributed by atoms with Gasteiger partial charge in [-0.1, -0.05) is 78.9 Å². The summed E-state index contributed by atoms with van der Waals surface area (Å²) in [5.74, 6) is 1.04. The summed E-state index contributed by atoms with van der Waals surface area (Å²) in [4.78, 5) is 4.70. The normalized spacial score (nSPS) is 22.4. The average molecular weight is 333 g/mol. The Hall–Kier alpha value is -2.18. The lowest BCUT2D eigenvalue weighted by Gasteiger charge is -2.24. The number of aliphatic imine (C=N–C) groups is 1. The van der Waals surface area contributed by atoms with Crippen LogP contribution in [-0.4, -0.2) is 18.5 Å². The SMILES string of the molecule is C[C@H]1COC(C2C=CC=C2P(c2ccccc2)c2ccccc2)=N1. The fraction of sp³-hybridized carbons (Fsp3) is 0.190. The van der Waals surface area contributed by atoms with Crippen molar-refractivity contribution in [2.24, 2.45) is 10.9 Å². The van der Waals surface area contributed by atoms with E-state index < -0.39 is 7.92 Å². The molecule has 0 aromatic heterocycles. The van der Waals surface area contributed by atoms with E-state index in [2.05, 4.69) is 85.8 Å². The van der Waals surface area contributed by atoms with Crippen molar-refractivity contribution in [1.29, 1.82) is 0 Å². The van der Waals surface area contributed by atoms with Gasteiger partial charge in [0, 0.05) is 0 Å². The van der Waals surface area contributed by atoms with Crippen LogP contribution in [0, 0.1) is 5.92 Å². The number of allylic oxidation sites excluding steroid dienone is 2. The number of benzene rings is 2. The van der Waals surface area contributed by atoms with Crippen molar-refractivity contribution >= 4 is 24.4 Å². The van der Waals surface area contributed by atoms with E-state index in [1.54, 1.807) is 0 Å². The van der Waals surface area contributed by atoms with E-state index in [0.29, 0.717) is 6.61 Å². The molecule has 0 spiro atoms. The molecule has 0 saturated carbocycles. The predicted octanol–water partition coefficient (Wildman–Crippen LogP) is 4.01. The molecule has 2 atom stereocenters. The van der Waals surface area contributed by atoms with E-state index in [-0.39, 0.29) is 12.0 Å². The molecule has 0 amide bonds. The molecule has 24 heavy (non-hydrogen) atoms. The van der Waals surface area contributed by atoms with E-state index in [4.69, 9.17) is 9.73 Å². The van der Waals surface area contributed by atoms with Gasteiger partial charge < -0.3 is 4.74 Å². The van der Waals surface area contributed by atoms with Crippen molar-refractivity contribution in [1.82, 2.24) is 0 Å². The number of rotatable bonds is 4. The van der Waals surface area contributed by atoms with Crippen LogP contribution in [0.2, 0.25) is 0 Å². The van der Waals surface area contributed by atoms with Gasteiger partial charge in [0.2, 0.25) is 0 Å². The Morgan fingerprint density at radius 3 is 2.12 bits per heavy atom. The molecule has 1 aliphatic heterocycles. The first-order valence-corrected chi connectivity index (χ1v) is 9.66. The monoisotopic (exact) mass is 333 g/mol. The van der Waals surface area contributed by atoms with Crippen LogP contribution >= 0.6 is 7.92 Å². The van der Waals surface area contributed by atoms with Gasteiger partial charge in [0.1, 0.15) is 6.61 Å². The molecule has 0 saturated heterocycles. The lowest BCUT2D eigenvalue weighted by molar-refractivity contribution is 0.313. The van der Waals surface area contributed by atoms with Gasteiger partial charge in [-0.05, 0) is 30.8 Å². The maximum Gasteiger partial charge on any atom is 0.195 e. The van der Waals surface area contributed by atoms with E-state index in [1.165, 1.54) is 15.9 Å². The molecule has 0 fully saturated rings. The van der Waals surface area contributed by atoms with E-state index >= 15 is 0 Å². The molecule has 0 N–H and O–H groups in total. The average Bonchev–Trinajstić information content (AvgIpc) is 3.26. The minimum Gasteiger partial charge on any atom is -0.478 e. The molecule has 0 radical (unpaired) electrons. The van der Waals surface area contributed by atoms with Gasteiger partial charge >= 0.3 is 0 Å². The zero-order valence-corrected chi connectivity index (χ0v) is 14.6. The third kappa shape index (κ3) is 2.95. The number of hydrogen-bond acceptors (Lipinski definition) is 2. The topological polar surface area (TPSA) is 21.6 Å². The highest BCUT2D eigenvalue weighted by atomic mass is 31.1. The largest absolute Gasteiger partial charge is 0.478 e. The summed E-state index contributed by atoms with van der Waals surface area (Å²) in [7, 11) is -0.584. The van der Waals surface area contributed by atoms with Gasteiger partial charge in [-0.15, -0.1) is 0 Å². The predicted molar refractivity (Wildman–Crippen MR) is 103 cm³/mol. The molecule has 1 heterocycles. The van der Waals surface area contributed by atoms with Crippen molar-refractivity contribution in [2.45, 2.75) is 13.0 Å². The molecule has 1 unspecified atom stereocenters. The van der Waals surface area contributed by atoms with E-state index in [9.17, 15) is 0 Å². The Balaban J connectivity index is 1.75. The third-order valence-electron chi connectivity index (χ3n) is 4.26. The Morgan fingerprint density at radius 2 is 1.58 bits per heavy atom. The van der Waals surface area contributed by atoms with Gasteiger partial charge in [-0.2, -0.15) is 0 Å². The lowest BCUT2D eigenvalue weighted by atomic mass is 10.2. The second kappa shape index (κ2) is 6.75. The van der Waals surface area contributed by atoms with Crippen LogP contribution in [0.1, 0.15) is 6.92 Å². The molecular weight excluding hydrogens is 313 g/mol. The number of ether oxygens (including phenoxy) is 1. The summed E-state index contributed by atoms with van der Waals surface area (Å²) in [6.45, 7) is 2.80. The summed E-state index contributed by atoms with van der Waals surface area (Å²) in [5.41, 5.74) is 0. The lowest BCUT2D eigenvalue weighted by Crippen LogP contribution is -2.20. The maximum absolute atomic E-state index is 5.87. The Kier molecular flexibility index (Phi) is 4.32. The number of nitrogens with zero attached hydrogens (tertiary/aromatic N) is 1. The van der Waals surface area contributed by atoms with Crippen LogP contribution in [0.4, 0.5) is 0 Å². The summed E-state index contributed by atoms with van der Waals surface area (Å²) in [6.07, 6.45) is 6.62. The van der Waals surface area contributed by atoms with Gasteiger partial charge in [0.25, 0.3) is 0 Å². The summed E-state index contributed by atoms with van der Waals surface area (Å²) < 4.78 is 5.87. The minimum absolute atomic E-state index is 0.168. The van der Waals surface area contributed by atoms with Crippen molar-refractivity contribution < 1.29 is 4.74 Å². The summed E-state index contributed by atoms with van der Waals surface area (Å²) >= 11 is 0. The highest BCUT2D eigenvalue weighted by molar-refractivity contribution is 7.76. The molecular formula is C21H20NOP. The van der Waals surface area contributed by atoms with Crippen molar-refractivity contribution in [2.75, 3.05) is 6.61 Å². The molecule has 4 rings (SSSR count). The van der Waals surface area contributed by atoms with Crippen LogP contribution in [0.5, 0.6) is 0 Å².